The van der Waals surface area contributed by atoms with Gasteiger partial charge in [-0.05, 0) is 19.9 Å². The van der Waals surface area contributed by atoms with E-state index in [4.69, 9.17) is 5.11 Å². The number of carboxylic acid groups (broad SMARTS) is 1. The first-order valence-corrected chi connectivity index (χ1v) is 4.39. The quantitative estimate of drug-likeness (QED) is 0.750. The molecule has 0 unspecified atom stereocenters. The molecule has 0 saturated carbocycles. The number of rotatable bonds is 3. The number of aromatic nitrogens is 1. The number of carboxylic acids is 1. The lowest BCUT2D eigenvalue weighted by Gasteiger charge is -2.09. The molecule has 4 nitrogen and oxygen atoms in total. The Morgan fingerprint density at radius 2 is 2.00 bits per heavy atom. The summed E-state index contributed by atoms with van der Waals surface area (Å²) in [5.74, 6) is -1.13. The molecule has 14 heavy (non-hydrogen) atoms. The molecule has 0 spiro atoms. The van der Waals surface area contributed by atoms with Crippen molar-refractivity contribution in [1.82, 2.24) is 4.57 Å². The highest BCUT2D eigenvalue weighted by Gasteiger charge is 2.15. The van der Waals surface area contributed by atoms with Gasteiger partial charge in [-0.3, -0.25) is 4.79 Å². The Labute approximate surface area is 82.2 Å². The van der Waals surface area contributed by atoms with Crippen molar-refractivity contribution in [3.8, 4) is 0 Å². The van der Waals surface area contributed by atoms with Crippen molar-refractivity contribution in [2.75, 3.05) is 0 Å². The first-order chi connectivity index (χ1) is 6.43. The van der Waals surface area contributed by atoms with E-state index in [1.807, 2.05) is 13.8 Å². The van der Waals surface area contributed by atoms with Crippen molar-refractivity contribution in [2.45, 2.75) is 26.8 Å². The molecule has 1 aromatic rings. The van der Waals surface area contributed by atoms with Crippen LogP contribution in [0.25, 0.3) is 0 Å². The summed E-state index contributed by atoms with van der Waals surface area (Å²) in [6.07, 6.45) is 1.49. The number of carbonyl (C=O) groups excluding carboxylic acids is 1. The number of ketones is 1. The molecule has 76 valence electrons. The Balaban J connectivity index is 3.26. The minimum atomic E-state index is -1.01. The summed E-state index contributed by atoms with van der Waals surface area (Å²) in [4.78, 5) is 21.9. The fraction of sp³-hybridized carbons (Fsp3) is 0.400. The molecule has 1 heterocycles. The highest BCUT2D eigenvalue weighted by atomic mass is 16.4. The average molecular weight is 195 g/mol. The van der Waals surface area contributed by atoms with Gasteiger partial charge in [0, 0.05) is 19.2 Å². The predicted octanol–water partition coefficient (Wildman–Crippen LogP) is 1.97. The molecule has 0 amide bonds. The third-order valence-electron chi connectivity index (χ3n) is 2.01. The first-order valence-electron chi connectivity index (χ1n) is 4.39. The maximum Gasteiger partial charge on any atom is 0.337 e. The SMILES string of the molecule is CC(=O)c1cc(C(=O)O)cn1C(C)C. The van der Waals surface area contributed by atoms with Crippen LogP contribution in [0.3, 0.4) is 0 Å². The molecule has 0 bridgehead atoms. The predicted molar refractivity (Wildman–Crippen MR) is 51.8 cm³/mol. The van der Waals surface area contributed by atoms with Crippen molar-refractivity contribution >= 4 is 11.8 Å². The molecule has 0 aliphatic heterocycles. The largest absolute Gasteiger partial charge is 0.478 e. The Morgan fingerprint density at radius 3 is 2.29 bits per heavy atom. The number of Topliss-reactive ketones (excluding diaryl/α,β-unsaturated/α-hetero) is 1. The second kappa shape index (κ2) is 3.65. The van der Waals surface area contributed by atoms with Crippen LogP contribution in [0.15, 0.2) is 12.3 Å². The highest BCUT2D eigenvalue weighted by Crippen LogP contribution is 2.15. The zero-order valence-corrected chi connectivity index (χ0v) is 8.44. The molecule has 1 rings (SSSR count). The van der Waals surface area contributed by atoms with Gasteiger partial charge in [-0.25, -0.2) is 4.79 Å². The van der Waals surface area contributed by atoms with Gasteiger partial charge >= 0.3 is 5.97 Å². The van der Waals surface area contributed by atoms with Crippen LogP contribution < -0.4 is 0 Å². The lowest BCUT2D eigenvalue weighted by atomic mass is 10.2. The normalized spacial score (nSPS) is 10.6. The summed E-state index contributed by atoms with van der Waals surface area (Å²) >= 11 is 0. The van der Waals surface area contributed by atoms with Crippen LogP contribution in [-0.4, -0.2) is 21.4 Å². The van der Waals surface area contributed by atoms with Crippen LogP contribution in [0.5, 0.6) is 0 Å². The highest BCUT2D eigenvalue weighted by molar-refractivity contribution is 5.96. The lowest BCUT2D eigenvalue weighted by Crippen LogP contribution is -2.07. The summed E-state index contributed by atoms with van der Waals surface area (Å²) in [7, 11) is 0. The van der Waals surface area contributed by atoms with E-state index in [0.717, 1.165) is 0 Å². The Morgan fingerprint density at radius 1 is 1.43 bits per heavy atom. The molecule has 0 saturated heterocycles. The molecule has 1 aromatic heterocycles. The standard InChI is InChI=1S/C10H13NO3/c1-6(2)11-5-8(10(13)14)4-9(11)7(3)12/h4-6H,1-3H3,(H,13,14). The monoisotopic (exact) mass is 195 g/mol. The molecule has 4 heteroatoms. The number of aromatic carboxylic acids is 1. The maximum atomic E-state index is 11.2. The molecule has 0 fully saturated rings. The lowest BCUT2D eigenvalue weighted by molar-refractivity contribution is 0.0696. The van der Waals surface area contributed by atoms with Crippen molar-refractivity contribution in [1.29, 1.82) is 0 Å². The van der Waals surface area contributed by atoms with Crippen LogP contribution in [0.1, 0.15) is 47.7 Å². The average Bonchev–Trinajstić information content (AvgIpc) is 2.47. The van der Waals surface area contributed by atoms with Gasteiger partial charge in [-0.2, -0.15) is 0 Å². The molecule has 0 aliphatic rings. The van der Waals surface area contributed by atoms with Crippen LogP contribution in [0.4, 0.5) is 0 Å². The number of hydrogen-bond donors (Lipinski definition) is 1. The van der Waals surface area contributed by atoms with E-state index in [1.54, 1.807) is 4.57 Å². The Bertz CT molecular complexity index is 377. The van der Waals surface area contributed by atoms with Crippen molar-refractivity contribution in [3.05, 3.63) is 23.5 Å². The van der Waals surface area contributed by atoms with Crippen LogP contribution in [0, 0.1) is 0 Å². The van der Waals surface area contributed by atoms with Gasteiger partial charge in [0.1, 0.15) is 0 Å². The number of hydrogen-bond acceptors (Lipinski definition) is 2. The molecule has 0 aromatic carbocycles. The van der Waals surface area contributed by atoms with E-state index >= 15 is 0 Å². The van der Waals surface area contributed by atoms with Gasteiger partial charge in [0.25, 0.3) is 0 Å². The Hall–Kier alpha value is -1.58. The summed E-state index contributed by atoms with van der Waals surface area (Å²) in [6.45, 7) is 5.23. The maximum absolute atomic E-state index is 11.2. The van der Waals surface area contributed by atoms with Gasteiger partial charge in [0.15, 0.2) is 5.78 Å². The van der Waals surface area contributed by atoms with Crippen molar-refractivity contribution in [2.24, 2.45) is 0 Å². The van der Waals surface area contributed by atoms with Gasteiger partial charge in [-0.15, -0.1) is 0 Å². The van der Waals surface area contributed by atoms with Crippen LogP contribution in [0.2, 0.25) is 0 Å². The van der Waals surface area contributed by atoms with E-state index < -0.39 is 5.97 Å². The molecule has 0 aliphatic carbocycles. The van der Waals surface area contributed by atoms with Gasteiger partial charge in [0.05, 0.1) is 11.3 Å². The Kier molecular flexibility index (Phi) is 2.74. The summed E-state index contributed by atoms with van der Waals surface area (Å²) in [5.41, 5.74) is 0.598. The van der Waals surface area contributed by atoms with E-state index in [9.17, 15) is 9.59 Å². The zero-order valence-electron chi connectivity index (χ0n) is 8.44. The van der Waals surface area contributed by atoms with E-state index in [-0.39, 0.29) is 17.4 Å². The zero-order chi connectivity index (χ0) is 10.9. The first kappa shape index (κ1) is 10.5. The second-order valence-electron chi connectivity index (χ2n) is 3.48. The second-order valence-corrected chi connectivity index (χ2v) is 3.48. The van der Waals surface area contributed by atoms with Gasteiger partial charge in [-0.1, -0.05) is 0 Å². The van der Waals surface area contributed by atoms with Crippen molar-refractivity contribution < 1.29 is 14.7 Å². The fourth-order valence-corrected chi connectivity index (χ4v) is 1.31. The van der Waals surface area contributed by atoms with Crippen LogP contribution >= 0.6 is 0 Å². The third-order valence-corrected chi connectivity index (χ3v) is 2.01. The molecule has 0 radical (unpaired) electrons. The third kappa shape index (κ3) is 1.84. The van der Waals surface area contributed by atoms with E-state index in [0.29, 0.717) is 5.69 Å². The fourth-order valence-electron chi connectivity index (χ4n) is 1.31. The van der Waals surface area contributed by atoms with Gasteiger partial charge in [0.2, 0.25) is 0 Å². The molecule has 0 atom stereocenters. The smallest absolute Gasteiger partial charge is 0.337 e. The minimum absolute atomic E-state index is 0.0852. The van der Waals surface area contributed by atoms with Gasteiger partial charge < -0.3 is 9.67 Å². The minimum Gasteiger partial charge on any atom is -0.478 e. The van der Waals surface area contributed by atoms with Crippen molar-refractivity contribution in [3.63, 3.8) is 0 Å². The summed E-state index contributed by atoms with van der Waals surface area (Å²) in [6, 6.07) is 1.49. The van der Waals surface area contributed by atoms with E-state index in [1.165, 1.54) is 19.2 Å². The number of nitrogens with zero attached hydrogens (tertiary/aromatic N) is 1. The summed E-state index contributed by atoms with van der Waals surface area (Å²) in [5, 5.41) is 8.76. The van der Waals surface area contributed by atoms with E-state index in [2.05, 4.69) is 0 Å². The topological polar surface area (TPSA) is 59.3 Å². The summed E-state index contributed by atoms with van der Waals surface area (Å²) < 4.78 is 1.67. The molecule has 1 N–H and O–H groups in total. The molecular weight excluding hydrogens is 182 g/mol. The van der Waals surface area contributed by atoms with Crippen LogP contribution in [-0.2, 0) is 0 Å². The number of carbonyl (C=O) groups is 2. The molecular formula is C10H13NO3.